The number of hydrogen-bond acceptors (Lipinski definition) is 4. The molecule has 1 aliphatic heterocycles. The molecule has 1 aliphatic rings. The molecule has 1 heterocycles. The Hall–Kier alpha value is -2.73. The number of benzene rings is 3. The van der Waals surface area contributed by atoms with Gasteiger partial charge in [-0.3, -0.25) is 9.69 Å². The first-order valence-corrected chi connectivity index (χ1v) is 12.3. The number of hydrogen-bond donors (Lipinski definition) is 1. The van der Waals surface area contributed by atoms with Gasteiger partial charge >= 0.3 is 0 Å². The van der Waals surface area contributed by atoms with Crippen LogP contribution in [-0.4, -0.2) is 43.6 Å². The Morgan fingerprint density at radius 3 is 2.35 bits per heavy atom. The zero-order valence-electron chi connectivity index (χ0n) is 19.3. The Bertz CT molecular complexity index is 1110. The molecule has 1 N–H and O–H groups in total. The van der Waals surface area contributed by atoms with Gasteiger partial charge in [0.05, 0.1) is 10.7 Å². The summed E-state index contributed by atoms with van der Waals surface area (Å²) in [6.07, 6.45) is 0.968. The number of amides is 1. The lowest BCUT2D eigenvalue weighted by Gasteiger charge is -2.36. The van der Waals surface area contributed by atoms with E-state index in [1.165, 1.54) is 5.56 Å². The summed E-state index contributed by atoms with van der Waals surface area (Å²) < 4.78 is 5.58. The molecule has 4 rings (SSSR count). The number of halogens is 2. The first-order chi connectivity index (χ1) is 16.5. The van der Waals surface area contributed by atoms with Crippen LogP contribution in [0.15, 0.2) is 66.7 Å². The quantitative estimate of drug-likeness (QED) is 0.421. The lowest BCUT2D eigenvalue weighted by molar-refractivity contribution is -0.118. The average molecular weight is 498 g/mol. The molecule has 3 aromatic carbocycles. The normalized spacial score (nSPS) is 14.1. The fourth-order valence-electron chi connectivity index (χ4n) is 4.02. The van der Waals surface area contributed by atoms with Gasteiger partial charge in [0.2, 0.25) is 0 Å². The van der Waals surface area contributed by atoms with Crippen molar-refractivity contribution in [1.29, 1.82) is 0 Å². The van der Waals surface area contributed by atoms with Crippen molar-refractivity contribution in [1.82, 2.24) is 4.90 Å². The van der Waals surface area contributed by atoms with Gasteiger partial charge in [0.25, 0.3) is 5.91 Å². The molecule has 5 nitrogen and oxygen atoms in total. The molecule has 34 heavy (non-hydrogen) atoms. The van der Waals surface area contributed by atoms with Crippen molar-refractivity contribution in [2.45, 2.75) is 19.9 Å². The Morgan fingerprint density at radius 2 is 1.68 bits per heavy atom. The van der Waals surface area contributed by atoms with Crippen molar-refractivity contribution in [3.63, 3.8) is 0 Å². The number of anilines is 2. The molecule has 0 unspecified atom stereocenters. The summed E-state index contributed by atoms with van der Waals surface area (Å²) in [6.45, 7) is 6.49. The summed E-state index contributed by atoms with van der Waals surface area (Å²) in [5.41, 5.74) is 4.01. The van der Waals surface area contributed by atoms with Crippen LogP contribution in [0.2, 0.25) is 10.0 Å². The Labute approximate surface area is 211 Å². The third-order valence-electron chi connectivity index (χ3n) is 6.00. The number of carbonyl (C=O) groups is 1. The molecular formula is C27H29Cl2N3O2. The molecule has 1 amide bonds. The minimum Gasteiger partial charge on any atom is -0.484 e. The van der Waals surface area contributed by atoms with E-state index in [2.05, 4.69) is 28.1 Å². The smallest absolute Gasteiger partial charge is 0.262 e. The number of rotatable bonds is 8. The van der Waals surface area contributed by atoms with Crippen molar-refractivity contribution >= 4 is 40.5 Å². The van der Waals surface area contributed by atoms with Gasteiger partial charge in [-0.15, -0.1) is 0 Å². The van der Waals surface area contributed by atoms with E-state index < -0.39 is 0 Å². The van der Waals surface area contributed by atoms with Gasteiger partial charge in [0.15, 0.2) is 6.61 Å². The largest absolute Gasteiger partial charge is 0.484 e. The summed E-state index contributed by atoms with van der Waals surface area (Å²) in [5.74, 6) is 0.450. The van der Waals surface area contributed by atoms with E-state index in [0.29, 0.717) is 16.5 Å². The number of carbonyl (C=O) groups excluding carboxylic acids is 1. The van der Waals surface area contributed by atoms with E-state index in [1.807, 2.05) is 54.6 Å². The van der Waals surface area contributed by atoms with Crippen LogP contribution in [0.1, 0.15) is 18.1 Å². The lowest BCUT2D eigenvalue weighted by Crippen LogP contribution is -2.46. The number of ether oxygens (including phenoxy) is 1. The van der Waals surface area contributed by atoms with Gasteiger partial charge < -0.3 is 15.0 Å². The highest BCUT2D eigenvalue weighted by Crippen LogP contribution is 2.30. The molecular weight excluding hydrogens is 469 g/mol. The number of aryl methyl sites for hydroxylation is 1. The van der Waals surface area contributed by atoms with Gasteiger partial charge in [0.1, 0.15) is 5.75 Å². The SMILES string of the molecule is CCc1ccc(OCC(=O)Nc2ccc(N3CCN(Cc4ccccc4Cl)CC3)c(Cl)c2)cc1. The van der Waals surface area contributed by atoms with Crippen LogP contribution >= 0.6 is 23.2 Å². The molecule has 0 aromatic heterocycles. The second-order valence-electron chi connectivity index (χ2n) is 8.36. The second-order valence-corrected chi connectivity index (χ2v) is 9.17. The van der Waals surface area contributed by atoms with Gasteiger partial charge in [-0.2, -0.15) is 0 Å². The summed E-state index contributed by atoms with van der Waals surface area (Å²) in [5, 5.41) is 4.29. The minimum absolute atomic E-state index is 0.0573. The highest BCUT2D eigenvalue weighted by Gasteiger charge is 2.20. The zero-order chi connectivity index (χ0) is 23.9. The molecule has 0 aliphatic carbocycles. The van der Waals surface area contributed by atoms with E-state index in [1.54, 1.807) is 6.07 Å². The van der Waals surface area contributed by atoms with E-state index in [-0.39, 0.29) is 12.5 Å². The summed E-state index contributed by atoms with van der Waals surface area (Å²) in [7, 11) is 0. The Balaban J connectivity index is 1.27. The standard InChI is InChI=1S/C27H29Cl2N3O2/c1-2-20-7-10-23(11-8-20)34-19-27(33)30-22-9-12-26(25(29)17-22)32-15-13-31(14-16-32)18-21-5-3-4-6-24(21)28/h3-12,17H,2,13-16,18-19H2,1H3,(H,30,33). The average Bonchev–Trinajstić information content (AvgIpc) is 2.85. The van der Waals surface area contributed by atoms with Gasteiger partial charge in [0, 0.05) is 43.4 Å². The molecule has 178 valence electrons. The predicted molar refractivity (Wildman–Crippen MR) is 140 cm³/mol. The monoisotopic (exact) mass is 497 g/mol. The zero-order valence-corrected chi connectivity index (χ0v) is 20.8. The predicted octanol–water partition coefficient (Wildman–Crippen LogP) is 5.90. The number of nitrogens with one attached hydrogen (secondary N) is 1. The molecule has 0 atom stereocenters. The maximum Gasteiger partial charge on any atom is 0.262 e. The molecule has 0 bridgehead atoms. The summed E-state index contributed by atoms with van der Waals surface area (Å²) in [6, 6.07) is 21.4. The van der Waals surface area contributed by atoms with E-state index >= 15 is 0 Å². The first-order valence-electron chi connectivity index (χ1n) is 11.5. The number of piperazine rings is 1. The highest BCUT2D eigenvalue weighted by atomic mass is 35.5. The lowest BCUT2D eigenvalue weighted by atomic mass is 10.2. The fraction of sp³-hybridized carbons (Fsp3) is 0.296. The maximum atomic E-state index is 12.3. The van der Waals surface area contributed by atoms with Crippen molar-refractivity contribution < 1.29 is 9.53 Å². The van der Waals surface area contributed by atoms with E-state index in [9.17, 15) is 4.79 Å². The summed E-state index contributed by atoms with van der Waals surface area (Å²) >= 11 is 12.9. The van der Waals surface area contributed by atoms with Crippen LogP contribution in [0, 0.1) is 0 Å². The molecule has 7 heteroatoms. The van der Waals surface area contributed by atoms with E-state index in [0.717, 1.165) is 55.4 Å². The van der Waals surface area contributed by atoms with Gasteiger partial charge in [-0.25, -0.2) is 0 Å². The molecule has 3 aromatic rings. The molecule has 0 spiro atoms. The minimum atomic E-state index is -0.225. The van der Waals surface area contributed by atoms with E-state index in [4.69, 9.17) is 27.9 Å². The van der Waals surface area contributed by atoms with Crippen LogP contribution in [0.5, 0.6) is 5.75 Å². The summed E-state index contributed by atoms with van der Waals surface area (Å²) in [4.78, 5) is 17.0. The Morgan fingerprint density at radius 1 is 0.941 bits per heavy atom. The van der Waals surface area contributed by atoms with Crippen LogP contribution < -0.4 is 15.0 Å². The number of nitrogens with zero attached hydrogens (tertiary/aromatic N) is 2. The Kier molecular flexibility index (Phi) is 8.33. The van der Waals surface area contributed by atoms with Crippen LogP contribution in [0.25, 0.3) is 0 Å². The van der Waals surface area contributed by atoms with Crippen molar-refractivity contribution in [3.05, 3.63) is 87.9 Å². The second kappa shape index (κ2) is 11.6. The van der Waals surface area contributed by atoms with Crippen LogP contribution in [-0.2, 0) is 17.8 Å². The molecule has 1 fully saturated rings. The maximum absolute atomic E-state index is 12.3. The van der Waals surface area contributed by atoms with Crippen LogP contribution in [0.3, 0.4) is 0 Å². The third-order valence-corrected chi connectivity index (χ3v) is 6.67. The van der Waals surface area contributed by atoms with Crippen molar-refractivity contribution in [2.75, 3.05) is 43.0 Å². The van der Waals surface area contributed by atoms with Crippen molar-refractivity contribution in [3.8, 4) is 5.75 Å². The molecule has 0 radical (unpaired) electrons. The topological polar surface area (TPSA) is 44.8 Å². The van der Waals surface area contributed by atoms with Gasteiger partial charge in [-0.05, 0) is 53.9 Å². The van der Waals surface area contributed by atoms with Crippen LogP contribution in [0.4, 0.5) is 11.4 Å². The van der Waals surface area contributed by atoms with Crippen molar-refractivity contribution in [2.24, 2.45) is 0 Å². The molecule has 1 saturated heterocycles. The molecule has 0 saturated carbocycles. The van der Waals surface area contributed by atoms with Gasteiger partial charge in [-0.1, -0.05) is 60.5 Å². The third kappa shape index (κ3) is 6.44. The highest BCUT2D eigenvalue weighted by molar-refractivity contribution is 6.33. The fourth-order valence-corrected chi connectivity index (χ4v) is 4.52. The first kappa shape index (κ1) is 24.4.